The fraction of sp³-hybridized carbons (Fsp3) is 0.227. The van der Waals surface area contributed by atoms with Crippen LogP contribution in [0.4, 0.5) is 0 Å². The molecular weight excluding hydrogens is 374 g/mol. The normalized spacial score (nSPS) is 10.6. The topological polar surface area (TPSA) is 78.9 Å². The Morgan fingerprint density at radius 1 is 1.18 bits per heavy atom. The Balaban J connectivity index is 2.11. The Kier molecular flexibility index (Phi) is 6.13. The smallest absolute Gasteiger partial charge is 0.355 e. The summed E-state index contributed by atoms with van der Waals surface area (Å²) in [5.41, 5.74) is 3.18. The van der Waals surface area contributed by atoms with Crippen LogP contribution >= 0.6 is 11.6 Å². The van der Waals surface area contributed by atoms with E-state index < -0.39 is 5.97 Å². The van der Waals surface area contributed by atoms with Crippen molar-refractivity contribution < 1.29 is 9.90 Å². The molecule has 0 bridgehead atoms. The van der Waals surface area contributed by atoms with E-state index in [9.17, 15) is 15.2 Å². The Hall–Kier alpha value is -3.10. The SMILES string of the molecule is CCCCc1nc(Cl)c(C(=O)O)n1Cc1ccccc1-c1ccccc1C#N. The van der Waals surface area contributed by atoms with Crippen molar-refractivity contribution in [2.24, 2.45) is 0 Å². The fourth-order valence-electron chi connectivity index (χ4n) is 3.27. The Morgan fingerprint density at radius 2 is 1.86 bits per heavy atom. The second-order valence-corrected chi connectivity index (χ2v) is 6.83. The van der Waals surface area contributed by atoms with Gasteiger partial charge in [-0.25, -0.2) is 9.78 Å². The summed E-state index contributed by atoms with van der Waals surface area (Å²) in [6.45, 7) is 2.39. The lowest BCUT2D eigenvalue weighted by atomic mass is 9.95. The van der Waals surface area contributed by atoms with Crippen LogP contribution in [0.15, 0.2) is 48.5 Å². The van der Waals surface area contributed by atoms with Gasteiger partial charge in [-0.05, 0) is 29.2 Å². The average Bonchev–Trinajstić information content (AvgIpc) is 3.01. The number of imidazole rings is 1. The van der Waals surface area contributed by atoms with Crippen LogP contribution in [-0.4, -0.2) is 20.6 Å². The molecule has 0 saturated carbocycles. The van der Waals surface area contributed by atoms with Crippen molar-refractivity contribution in [3.63, 3.8) is 0 Å². The van der Waals surface area contributed by atoms with Crippen LogP contribution in [0.2, 0.25) is 5.15 Å². The summed E-state index contributed by atoms with van der Waals surface area (Å²) in [5.74, 6) is -0.442. The van der Waals surface area contributed by atoms with Gasteiger partial charge < -0.3 is 9.67 Å². The molecule has 3 rings (SSSR count). The quantitative estimate of drug-likeness (QED) is 0.601. The molecule has 0 aliphatic carbocycles. The molecule has 5 nitrogen and oxygen atoms in total. The van der Waals surface area contributed by atoms with Crippen LogP contribution in [-0.2, 0) is 13.0 Å². The molecule has 0 spiro atoms. The Bertz CT molecular complexity index is 1050. The van der Waals surface area contributed by atoms with Crippen molar-refractivity contribution in [1.82, 2.24) is 9.55 Å². The van der Waals surface area contributed by atoms with Gasteiger partial charge in [0.1, 0.15) is 5.82 Å². The number of nitriles is 1. The van der Waals surface area contributed by atoms with E-state index in [1.165, 1.54) is 0 Å². The molecule has 1 heterocycles. The second-order valence-electron chi connectivity index (χ2n) is 6.48. The molecule has 0 saturated heterocycles. The van der Waals surface area contributed by atoms with Crippen molar-refractivity contribution >= 4 is 17.6 Å². The number of unbranched alkanes of at least 4 members (excludes halogenated alkanes) is 1. The lowest BCUT2D eigenvalue weighted by Crippen LogP contribution is -2.13. The number of nitrogens with zero attached hydrogens (tertiary/aromatic N) is 3. The van der Waals surface area contributed by atoms with Crippen molar-refractivity contribution in [3.8, 4) is 17.2 Å². The highest BCUT2D eigenvalue weighted by molar-refractivity contribution is 6.32. The number of aromatic carboxylic acids is 1. The second kappa shape index (κ2) is 8.73. The molecule has 0 radical (unpaired) electrons. The summed E-state index contributed by atoms with van der Waals surface area (Å²) < 4.78 is 1.67. The first-order valence-corrected chi connectivity index (χ1v) is 9.50. The van der Waals surface area contributed by atoms with E-state index in [0.29, 0.717) is 24.4 Å². The van der Waals surface area contributed by atoms with Crippen LogP contribution < -0.4 is 0 Å². The molecule has 0 fully saturated rings. The fourth-order valence-corrected chi connectivity index (χ4v) is 3.55. The minimum Gasteiger partial charge on any atom is -0.476 e. The molecule has 1 aromatic heterocycles. The number of benzene rings is 2. The summed E-state index contributed by atoms with van der Waals surface area (Å²) in [6.07, 6.45) is 2.52. The third-order valence-corrected chi connectivity index (χ3v) is 4.91. The van der Waals surface area contributed by atoms with Gasteiger partial charge in [-0.15, -0.1) is 0 Å². The Morgan fingerprint density at radius 3 is 2.54 bits per heavy atom. The molecular formula is C22H20ClN3O2. The minimum absolute atomic E-state index is 0.00357. The van der Waals surface area contributed by atoms with E-state index in [1.807, 2.05) is 42.5 Å². The number of rotatable bonds is 7. The number of hydrogen-bond donors (Lipinski definition) is 1. The molecule has 0 amide bonds. The van der Waals surface area contributed by atoms with Crippen LogP contribution in [0.25, 0.3) is 11.1 Å². The van der Waals surface area contributed by atoms with Gasteiger partial charge in [0.05, 0.1) is 18.2 Å². The van der Waals surface area contributed by atoms with Gasteiger partial charge in [-0.3, -0.25) is 0 Å². The number of carbonyl (C=O) groups is 1. The maximum absolute atomic E-state index is 11.8. The van der Waals surface area contributed by atoms with E-state index in [4.69, 9.17) is 11.6 Å². The lowest BCUT2D eigenvalue weighted by Gasteiger charge is -2.15. The van der Waals surface area contributed by atoms with Crippen LogP contribution in [0.1, 0.15) is 47.2 Å². The first kappa shape index (κ1) is 19.7. The van der Waals surface area contributed by atoms with Gasteiger partial charge in [0.25, 0.3) is 0 Å². The molecule has 1 N–H and O–H groups in total. The minimum atomic E-state index is -1.10. The maximum Gasteiger partial charge on any atom is 0.355 e. The summed E-state index contributed by atoms with van der Waals surface area (Å²) >= 11 is 6.14. The number of aryl methyl sites for hydroxylation is 1. The van der Waals surface area contributed by atoms with Crippen molar-refractivity contribution in [3.05, 3.63) is 76.3 Å². The Labute approximate surface area is 168 Å². The van der Waals surface area contributed by atoms with E-state index in [-0.39, 0.29) is 10.8 Å². The van der Waals surface area contributed by atoms with Gasteiger partial charge in [-0.2, -0.15) is 5.26 Å². The predicted octanol–water partition coefficient (Wildman–Crippen LogP) is 5.16. The highest BCUT2D eigenvalue weighted by Crippen LogP contribution is 2.29. The van der Waals surface area contributed by atoms with Gasteiger partial charge in [0, 0.05) is 6.42 Å². The lowest BCUT2D eigenvalue weighted by molar-refractivity contribution is 0.0685. The maximum atomic E-state index is 11.8. The summed E-state index contributed by atoms with van der Waals surface area (Å²) in [5, 5.41) is 19.1. The van der Waals surface area contributed by atoms with E-state index >= 15 is 0 Å². The number of aromatic nitrogens is 2. The third-order valence-electron chi connectivity index (χ3n) is 4.64. The molecule has 0 aliphatic rings. The average molecular weight is 394 g/mol. The third kappa shape index (κ3) is 3.92. The molecule has 0 atom stereocenters. The van der Waals surface area contributed by atoms with Crippen molar-refractivity contribution in [1.29, 1.82) is 5.26 Å². The van der Waals surface area contributed by atoms with E-state index in [2.05, 4.69) is 18.0 Å². The number of carboxylic acid groups (broad SMARTS) is 1. The standard InChI is InChI=1S/C22H20ClN3O2/c1-2-3-12-19-25-21(23)20(22(27)28)26(19)14-16-9-5-7-11-18(16)17-10-6-4-8-15(17)13-24/h4-11H,2-3,12,14H2,1H3,(H,27,28). The highest BCUT2D eigenvalue weighted by atomic mass is 35.5. The molecule has 3 aromatic rings. The molecule has 0 aliphatic heterocycles. The van der Waals surface area contributed by atoms with E-state index in [0.717, 1.165) is 29.5 Å². The summed E-state index contributed by atoms with van der Waals surface area (Å²) in [4.78, 5) is 16.1. The zero-order valence-corrected chi connectivity index (χ0v) is 16.3. The number of carboxylic acids is 1. The summed E-state index contributed by atoms with van der Waals surface area (Å²) in [7, 11) is 0. The van der Waals surface area contributed by atoms with E-state index in [1.54, 1.807) is 10.6 Å². The predicted molar refractivity (Wildman–Crippen MR) is 109 cm³/mol. The van der Waals surface area contributed by atoms with Crippen LogP contribution in [0, 0.1) is 11.3 Å². The number of hydrogen-bond acceptors (Lipinski definition) is 3. The highest BCUT2D eigenvalue weighted by Gasteiger charge is 2.22. The van der Waals surface area contributed by atoms with Gasteiger partial charge >= 0.3 is 5.97 Å². The zero-order valence-electron chi connectivity index (χ0n) is 15.5. The van der Waals surface area contributed by atoms with Crippen LogP contribution in [0.3, 0.4) is 0 Å². The first-order valence-electron chi connectivity index (χ1n) is 9.12. The molecule has 0 unspecified atom stereocenters. The molecule has 142 valence electrons. The molecule has 28 heavy (non-hydrogen) atoms. The van der Waals surface area contributed by atoms with Crippen molar-refractivity contribution in [2.45, 2.75) is 32.7 Å². The monoisotopic (exact) mass is 393 g/mol. The largest absolute Gasteiger partial charge is 0.476 e. The van der Waals surface area contributed by atoms with Gasteiger partial charge in [-0.1, -0.05) is 67.4 Å². The first-order chi connectivity index (χ1) is 13.6. The summed E-state index contributed by atoms with van der Waals surface area (Å²) in [6, 6.07) is 17.3. The van der Waals surface area contributed by atoms with Crippen molar-refractivity contribution in [2.75, 3.05) is 0 Å². The zero-order chi connectivity index (χ0) is 20.1. The van der Waals surface area contributed by atoms with Gasteiger partial charge in [0.2, 0.25) is 0 Å². The molecule has 6 heteroatoms. The van der Waals surface area contributed by atoms with Crippen LogP contribution in [0.5, 0.6) is 0 Å². The molecule has 2 aromatic carbocycles. The number of halogens is 1. The van der Waals surface area contributed by atoms with Gasteiger partial charge in [0.15, 0.2) is 10.8 Å².